The lowest BCUT2D eigenvalue weighted by molar-refractivity contribution is 0.691. The number of anilines is 1. The zero-order chi connectivity index (χ0) is 12.5. The summed E-state index contributed by atoms with van der Waals surface area (Å²) in [5, 5.41) is 6.62. The van der Waals surface area contributed by atoms with E-state index in [-0.39, 0.29) is 0 Å². The number of halogens is 1. The van der Waals surface area contributed by atoms with Crippen molar-refractivity contribution in [3.8, 4) is 0 Å². The summed E-state index contributed by atoms with van der Waals surface area (Å²) in [5.41, 5.74) is 2.25. The smallest absolute Gasteiger partial charge is 0.0634 e. The molecule has 2 aromatic rings. The molecule has 0 amide bonds. The second-order valence-corrected chi connectivity index (χ2v) is 6.33. The Morgan fingerprint density at radius 1 is 1.33 bits per heavy atom. The van der Waals surface area contributed by atoms with Crippen LogP contribution >= 0.6 is 22.9 Å². The van der Waals surface area contributed by atoms with E-state index in [2.05, 4.69) is 35.0 Å². The average molecular weight is 278 g/mol. The van der Waals surface area contributed by atoms with Gasteiger partial charge in [0.05, 0.1) is 6.04 Å². The largest absolute Gasteiger partial charge is 0.377 e. The SMILES string of the molecule is Cc1ccc(NC(c2cccs2)C2CC2)cc1Cl. The fourth-order valence-corrected chi connectivity index (χ4v) is 3.23. The fraction of sp³-hybridized carbons (Fsp3) is 0.333. The van der Waals surface area contributed by atoms with Crippen LogP contribution in [0.2, 0.25) is 5.02 Å². The van der Waals surface area contributed by atoms with Crippen molar-refractivity contribution >= 4 is 28.6 Å². The van der Waals surface area contributed by atoms with Crippen molar-refractivity contribution in [2.24, 2.45) is 5.92 Å². The van der Waals surface area contributed by atoms with Crippen LogP contribution in [-0.4, -0.2) is 0 Å². The topological polar surface area (TPSA) is 12.0 Å². The maximum Gasteiger partial charge on any atom is 0.0634 e. The molecule has 0 spiro atoms. The molecule has 94 valence electrons. The summed E-state index contributed by atoms with van der Waals surface area (Å²) in [6.07, 6.45) is 2.66. The Labute approximate surface area is 117 Å². The van der Waals surface area contributed by atoms with Crippen LogP contribution < -0.4 is 5.32 Å². The lowest BCUT2D eigenvalue weighted by Gasteiger charge is -2.18. The molecule has 1 aliphatic carbocycles. The van der Waals surface area contributed by atoms with E-state index in [1.165, 1.54) is 17.7 Å². The molecule has 1 nitrogen and oxygen atoms in total. The van der Waals surface area contributed by atoms with Crippen LogP contribution in [-0.2, 0) is 0 Å². The van der Waals surface area contributed by atoms with Gasteiger partial charge in [0.25, 0.3) is 0 Å². The van der Waals surface area contributed by atoms with Gasteiger partial charge in [-0.25, -0.2) is 0 Å². The molecule has 1 aromatic heterocycles. The molecule has 0 aliphatic heterocycles. The molecule has 1 fully saturated rings. The summed E-state index contributed by atoms with van der Waals surface area (Å²) in [4.78, 5) is 1.43. The van der Waals surface area contributed by atoms with E-state index in [1.807, 2.05) is 24.3 Å². The van der Waals surface area contributed by atoms with Gasteiger partial charge in [0.15, 0.2) is 0 Å². The van der Waals surface area contributed by atoms with Crippen molar-refractivity contribution in [2.75, 3.05) is 5.32 Å². The molecule has 1 saturated carbocycles. The maximum atomic E-state index is 6.18. The molecule has 1 heterocycles. The van der Waals surface area contributed by atoms with Crippen LogP contribution in [0.5, 0.6) is 0 Å². The first-order chi connectivity index (χ1) is 8.74. The Morgan fingerprint density at radius 3 is 2.78 bits per heavy atom. The monoisotopic (exact) mass is 277 g/mol. The Bertz CT molecular complexity index is 531. The zero-order valence-electron chi connectivity index (χ0n) is 10.3. The van der Waals surface area contributed by atoms with Gasteiger partial charge in [0, 0.05) is 15.6 Å². The van der Waals surface area contributed by atoms with Crippen molar-refractivity contribution in [1.82, 2.24) is 0 Å². The van der Waals surface area contributed by atoms with Crippen LogP contribution in [0.15, 0.2) is 35.7 Å². The minimum Gasteiger partial charge on any atom is -0.377 e. The summed E-state index contributed by atoms with van der Waals surface area (Å²) in [6.45, 7) is 2.03. The highest BCUT2D eigenvalue weighted by molar-refractivity contribution is 7.10. The number of aryl methyl sites for hydroxylation is 1. The molecule has 1 N–H and O–H groups in total. The molecule has 3 rings (SSSR count). The van der Waals surface area contributed by atoms with Gasteiger partial charge in [-0.1, -0.05) is 23.7 Å². The lowest BCUT2D eigenvalue weighted by Crippen LogP contribution is -2.11. The summed E-state index contributed by atoms with van der Waals surface area (Å²) in [7, 11) is 0. The number of rotatable bonds is 4. The van der Waals surface area contributed by atoms with Crippen LogP contribution in [0.1, 0.15) is 29.3 Å². The molecule has 3 heteroatoms. The van der Waals surface area contributed by atoms with E-state index in [0.29, 0.717) is 6.04 Å². The predicted octanol–water partition coefficient (Wildman–Crippen LogP) is 5.27. The Morgan fingerprint density at radius 2 is 2.17 bits per heavy atom. The molecule has 1 unspecified atom stereocenters. The van der Waals surface area contributed by atoms with Crippen molar-refractivity contribution < 1.29 is 0 Å². The Kier molecular flexibility index (Phi) is 3.31. The molecule has 1 atom stereocenters. The van der Waals surface area contributed by atoms with Gasteiger partial charge in [-0.15, -0.1) is 11.3 Å². The average Bonchev–Trinajstić information content (AvgIpc) is 3.05. The third-order valence-electron chi connectivity index (χ3n) is 3.44. The highest BCUT2D eigenvalue weighted by atomic mass is 35.5. The first-order valence-corrected chi connectivity index (χ1v) is 7.56. The normalized spacial score (nSPS) is 16.6. The van der Waals surface area contributed by atoms with Crippen LogP contribution in [0.4, 0.5) is 5.69 Å². The van der Waals surface area contributed by atoms with Crippen LogP contribution in [0.25, 0.3) is 0 Å². The number of thiophene rings is 1. The summed E-state index contributed by atoms with van der Waals surface area (Å²) < 4.78 is 0. The molecule has 1 aromatic carbocycles. The van der Waals surface area contributed by atoms with E-state index in [1.54, 1.807) is 0 Å². The van der Waals surface area contributed by atoms with Crippen LogP contribution in [0.3, 0.4) is 0 Å². The number of nitrogens with one attached hydrogen (secondary N) is 1. The standard InChI is InChI=1S/C15H16ClNS/c1-10-4-7-12(9-13(10)16)17-15(11-5-6-11)14-3-2-8-18-14/h2-4,7-9,11,15,17H,5-6H2,1H3. The quantitative estimate of drug-likeness (QED) is 0.802. The zero-order valence-corrected chi connectivity index (χ0v) is 11.9. The first kappa shape index (κ1) is 12.1. The molecule has 0 saturated heterocycles. The van der Waals surface area contributed by atoms with Crippen molar-refractivity contribution in [3.05, 3.63) is 51.2 Å². The number of hydrogen-bond acceptors (Lipinski definition) is 2. The molecule has 0 radical (unpaired) electrons. The molecular formula is C15H16ClNS. The highest BCUT2D eigenvalue weighted by Gasteiger charge is 2.32. The van der Waals surface area contributed by atoms with Gasteiger partial charge < -0.3 is 5.32 Å². The van der Waals surface area contributed by atoms with E-state index in [0.717, 1.165) is 22.2 Å². The fourth-order valence-electron chi connectivity index (χ4n) is 2.18. The first-order valence-electron chi connectivity index (χ1n) is 6.30. The maximum absolute atomic E-state index is 6.18. The van der Waals surface area contributed by atoms with Crippen LogP contribution in [0, 0.1) is 12.8 Å². The van der Waals surface area contributed by atoms with Gasteiger partial charge in [-0.2, -0.15) is 0 Å². The molecule has 1 aliphatic rings. The predicted molar refractivity (Wildman–Crippen MR) is 79.6 cm³/mol. The molecule has 0 bridgehead atoms. The number of hydrogen-bond donors (Lipinski definition) is 1. The highest BCUT2D eigenvalue weighted by Crippen LogP contribution is 2.44. The molecule has 18 heavy (non-hydrogen) atoms. The van der Waals surface area contributed by atoms with E-state index >= 15 is 0 Å². The minimum absolute atomic E-state index is 0.448. The van der Waals surface area contributed by atoms with Crippen molar-refractivity contribution in [2.45, 2.75) is 25.8 Å². The van der Waals surface area contributed by atoms with Crippen molar-refractivity contribution in [3.63, 3.8) is 0 Å². The second-order valence-electron chi connectivity index (χ2n) is 4.94. The second kappa shape index (κ2) is 4.94. The third-order valence-corrected chi connectivity index (χ3v) is 4.80. The summed E-state index contributed by atoms with van der Waals surface area (Å²) >= 11 is 8.01. The summed E-state index contributed by atoms with van der Waals surface area (Å²) in [5.74, 6) is 0.781. The number of benzene rings is 1. The van der Waals surface area contributed by atoms with Gasteiger partial charge in [-0.05, 0) is 54.8 Å². The van der Waals surface area contributed by atoms with E-state index < -0.39 is 0 Å². The van der Waals surface area contributed by atoms with Gasteiger partial charge >= 0.3 is 0 Å². The van der Waals surface area contributed by atoms with E-state index in [4.69, 9.17) is 11.6 Å². The lowest BCUT2D eigenvalue weighted by atomic mass is 10.1. The minimum atomic E-state index is 0.448. The Hall–Kier alpha value is -0.990. The van der Waals surface area contributed by atoms with Gasteiger partial charge in [0.1, 0.15) is 0 Å². The summed E-state index contributed by atoms with van der Waals surface area (Å²) in [6, 6.07) is 11.0. The Balaban J connectivity index is 1.82. The van der Waals surface area contributed by atoms with Crippen molar-refractivity contribution in [1.29, 1.82) is 0 Å². The van der Waals surface area contributed by atoms with E-state index in [9.17, 15) is 0 Å². The van der Waals surface area contributed by atoms with Gasteiger partial charge in [-0.3, -0.25) is 0 Å². The van der Waals surface area contributed by atoms with Gasteiger partial charge in [0.2, 0.25) is 0 Å². The third kappa shape index (κ3) is 2.55. The molecular weight excluding hydrogens is 262 g/mol.